The van der Waals surface area contributed by atoms with Crippen molar-refractivity contribution < 1.29 is 26.9 Å². The zero-order valence-corrected chi connectivity index (χ0v) is 12.0. The summed E-state index contributed by atoms with van der Waals surface area (Å²) < 4.78 is 2.12. The number of hydrogen-bond acceptors (Lipinski definition) is 2. The van der Waals surface area contributed by atoms with E-state index in [0.29, 0.717) is 18.4 Å². The first-order chi connectivity index (χ1) is 9.78. The maximum Gasteiger partial charge on any atom is 0.212 e. The van der Waals surface area contributed by atoms with Gasteiger partial charge in [-0.3, -0.25) is 4.79 Å². The number of phenols is 1. The van der Waals surface area contributed by atoms with E-state index in [2.05, 4.69) is 22.8 Å². The number of aldehydes is 1. The van der Waals surface area contributed by atoms with Crippen LogP contribution in [-0.4, -0.2) is 11.4 Å². The molecule has 0 bridgehead atoms. The third kappa shape index (κ3) is 3.03. The van der Waals surface area contributed by atoms with Gasteiger partial charge in [0, 0.05) is 23.1 Å². The van der Waals surface area contributed by atoms with Gasteiger partial charge in [-0.1, -0.05) is 12.1 Å². The van der Waals surface area contributed by atoms with Crippen molar-refractivity contribution in [3.63, 3.8) is 0 Å². The topological polar surface area (TPSA) is 41.2 Å². The van der Waals surface area contributed by atoms with Crippen molar-refractivity contribution in [1.29, 1.82) is 0 Å². The normalized spacial score (nSPS) is 10.1. The van der Waals surface area contributed by atoms with Crippen LogP contribution in [0.5, 0.6) is 5.75 Å². The van der Waals surface area contributed by atoms with Crippen molar-refractivity contribution in [3.8, 4) is 5.75 Å². The number of phenolic OH excluding ortho intramolecular Hbond substituents is 1. The van der Waals surface area contributed by atoms with Crippen LogP contribution < -0.4 is 17.0 Å². The lowest BCUT2D eigenvalue weighted by Crippen LogP contribution is -3.00. The molecule has 0 amide bonds. The van der Waals surface area contributed by atoms with E-state index >= 15 is 0 Å². The fraction of sp³-hybridized carbons (Fsp3) is 0.0588. The summed E-state index contributed by atoms with van der Waals surface area (Å²) in [5.41, 5.74) is 2.44. The van der Waals surface area contributed by atoms with E-state index in [4.69, 9.17) is 0 Å². The average molecular weight is 300 g/mol. The lowest BCUT2D eigenvalue weighted by atomic mass is 10.1. The Bertz CT molecular complexity index is 781. The number of rotatable bonds is 3. The molecule has 3 nitrogen and oxygen atoms in total. The highest BCUT2D eigenvalue weighted by Gasteiger charge is 2.10. The molecule has 106 valence electrons. The number of carbonyl (C=O) groups is 1. The monoisotopic (exact) mass is 299 g/mol. The number of hydrogen-bond donors (Lipinski definition) is 1. The highest BCUT2D eigenvalue weighted by Crippen LogP contribution is 2.17. The van der Waals surface area contributed by atoms with Gasteiger partial charge in [-0.15, -0.1) is 0 Å². The van der Waals surface area contributed by atoms with Crippen LogP contribution in [0.3, 0.4) is 0 Å². The maximum atomic E-state index is 10.9. The average Bonchev–Trinajstić information content (AvgIpc) is 2.49. The summed E-state index contributed by atoms with van der Waals surface area (Å²) in [6, 6.07) is 17.3. The molecule has 3 rings (SSSR count). The van der Waals surface area contributed by atoms with Crippen LogP contribution in [0.15, 0.2) is 60.8 Å². The number of pyridine rings is 1. The fourth-order valence-corrected chi connectivity index (χ4v) is 2.35. The van der Waals surface area contributed by atoms with Gasteiger partial charge in [0.05, 0.1) is 5.56 Å². The Morgan fingerprint density at radius 1 is 1.05 bits per heavy atom. The van der Waals surface area contributed by atoms with E-state index < -0.39 is 0 Å². The number of fused-ring (bicyclic) bond motifs is 1. The summed E-state index contributed by atoms with van der Waals surface area (Å²) in [5, 5.41) is 10.7. The Labute approximate surface area is 128 Å². The second kappa shape index (κ2) is 6.37. The smallest absolute Gasteiger partial charge is 0.212 e. The largest absolute Gasteiger partial charge is 1.00 e. The van der Waals surface area contributed by atoms with Crippen molar-refractivity contribution >= 4 is 17.2 Å². The zero-order chi connectivity index (χ0) is 13.9. The molecule has 2 aromatic carbocycles. The Kier molecular flexibility index (Phi) is 4.55. The van der Waals surface area contributed by atoms with Gasteiger partial charge in [-0.25, -0.2) is 0 Å². The summed E-state index contributed by atoms with van der Waals surface area (Å²) in [6.45, 7) is 0.655. The molecule has 0 unspecified atom stereocenters. The first kappa shape index (κ1) is 15.0. The number of aromatic nitrogens is 1. The van der Waals surface area contributed by atoms with Crippen molar-refractivity contribution in [2.75, 3.05) is 0 Å². The van der Waals surface area contributed by atoms with Crippen LogP contribution >= 0.6 is 0 Å². The molecule has 1 aromatic heterocycles. The summed E-state index contributed by atoms with van der Waals surface area (Å²) >= 11 is 0. The number of carbonyl (C=O) groups excluding carboxylic acids is 1. The molecule has 0 aliphatic carbocycles. The summed E-state index contributed by atoms with van der Waals surface area (Å²) in [5.74, 6) is 0.0201. The third-order valence-corrected chi connectivity index (χ3v) is 3.36. The Morgan fingerprint density at radius 2 is 1.81 bits per heavy atom. The van der Waals surface area contributed by atoms with Gasteiger partial charge in [-0.2, -0.15) is 4.57 Å². The minimum atomic E-state index is 0. The van der Waals surface area contributed by atoms with Crippen molar-refractivity contribution in [1.82, 2.24) is 0 Å². The first-order valence-electron chi connectivity index (χ1n) is 6.42. The predicted molar refractivity (Wildman–Crippen MR) is 76.7 cm³/mol. The second-order valence-electron chi connectivity index (χ2n) is 4.71. The molecule has 4 heteroatoms. The molecule has 0 saturated heterocycles. The molecule has 0 spiro atoms. The first-order valence-corrected chi connectivity index (χ1v) is 6.42. The number of para-hydroxylation sites is 1. The van der Waals surface area contributed by atoms with Crippen LogP contribution in [0.4, 0.5) is 0 Å². The van der Waals surface area contributed by atoms with E-state index in [1.165, 1.54) is 5.39 Å². The molecule has 0 aliphatic rings. The van der Waals surface area contributed by atoms with Gasteiger partial charge in [0.15, 0.2) is 19.0 Å². The quantitative estimate of drug-likeness (QED) is 0.533. The minimum absolute atomic E-state index is 0. The van der Waals surface area contributed by atoms with Gasteiger partial charge < -0.3 is 17.5 Å². The lowest BCUT2D eigenvalue weighted by Gasteiger charge is -2.03. The standard InChI is InChI=1S/C17H13NO2.ClH/c19-12-15-10-13(7-8-17(15)20)11-18-9-3-5-14-4-1-2-6-16(14)18;/h1-10,12H,11H2;1H. The molecule has 0 atom stereocenters. The van der Waals surface area contributed by atoms with Crippen LogP contribution in [0.25, 0.3) is 10.9 Å². The lowest BCUT2D eigenvalue weighted by molar-refractivity contribution is -0.662. The number of benzene rings is 2. The molecule has 3 aromatic rings. The summed E-state index contributed by atoms with van der Waals surface area (Å²) in [4.78, 5) is 10.9. The number of aromatic hydroxyl groups is 1. The molecule has 0 saturated carbocycles. The summed E-state index contributed by atoms with van der Waals surface area (Å²) in [6.07, 6.45) is 2.68. The maximum absolute atomic E-state index is 10.9. The van der Waals surface area contributed by atoms with Crippen LogP contribution in [-0.2, 0) is 6.54 Å². The molecule has 1 heterocycles. The number of nitrogens with zero attached hydrogens (tertiary/aromatic N) is 1. The second-order valence-corrected chi connectivity index (χ2v) is 4.71. The van der Waals surface area contributed by atoms with Crippen LogP contribution in [0.1, 0.15) is 15.9 Å². The molecule has 0 aliphatic heterocycles. The predicted octanol–water partition coefficient (Wildman–Crippen LogP) is -0.302. The third-order valence-electron chi connectivity index (χ3n) is 3.36. The van der Waals surface area contributed by atoms with Crippen LogP contribution in [0, 0.1) is 0 Å². The molecular weight excluding hydrogens is 286 g/mol. The number of halogens is 1. The fourth-order valence-electron chi connectivity index (χ4n) is 2.35. The van der Waals surface area contributed by atoms with E-state index in [-0.39, 0.29) is 18.2 Å². The Morgan fingerprint density at radius 3 is 2.62 bits per heavy atom. The van der Waals surface area contributed by atoms with Crippen molar-refractivity contribution in [2.24, 2.45) is 0 Å². The van der Waals surface area contributed by atoms with Gasteiger partial charge >= 0.3 is 0 Å². The highest BCUT2D eigenvalue weighted by atomic mass is 35.5. The van der Waals surface area contributed by atoms with Gasteiger partial charge in [0.25, 0.3) is 0 Å². The minimum Gasteiger partial charge on any atom is -1.00 e. The van der Waals surface area contributed by atoms with Gasteiger partial charge in [0.1, 0.15) is 5.75 Å². The van der Waals surface area contributed by atoms with Gasteiger partial charge in [-0.05, 0) is 30.3 Å². The molecule has 0 fully saturated rings. The molecule has 1 N–H and O–H groups in total. The van der Waals surface area contributed by atoms with Crippen molar-refractivity contribution in [2.45, 2.75) is 6.54 Å². The van der Waals surface area contributed by atoms with Crippen molar-refractivity contribution in [3.05, 3.63) is 71.9 Å². The van der Waals surface area contributed by atoms with Gasteiger partial charge in [0.2, 0.25) is 5.52 Å². The van der Waals surface area contributed by atoms with E-state index in [1.807, 2.05) is 30.5 Å². The van der Waals surface area contributed by atoms with Crippen LogP contribution in [0.2, 0.25) is 0 Å². The molecule has 0 radical (unpaired) electrons. The Hall–Kier alpha value is -2.39. The van der Waals surface area contributed by atoms with E-state index in [9.17, 15) is 9.90 Å². The van der Waals surface area contributed by atoms with E-state index in [0.717, 1.165) is 11.1 Å². The highest BCUT2D eigenvalue weighted by molar-refractivity contribution is 5.79. The zero-order valence-electron chi connectivity index (χ0n) is 11.2. The SMILES string of the molecule is O=Cc1cc(C[n+]2cccc3ccccc32)ccc1O.[Cl-]. The van der Waals surface area contributed by atoms with E-state index in [1.54, 1.807) is 12.1 Å². The Balaban J connectivity index is 0.00000161. The summed E-state index contributed by atoms with van der Waals surface area (Å²) in [7, 11) is 0. The molecular formula is C17H14ClNO2. The molecule has 21 heavy (non-hydrogen) atoms.